The molecule has 3 rings (SSSR count). The maximum Gasteiger partial charge on any atom is 0.233 e. The van der Waals surface area contributed by atoms with Crippen LogP contribution in [0.3, 0.4) is 0 Å². The van der Waals surface area contributed by atoms with Crippen molar-refractivity contribution in [3.05, 3.63) is 66.0 Å². The van der Waals surface area contributed by atoms with Gasteiger partial charge in [-0.05, 0) is 29.8 Å². The quantitative estimate of drug-likeness (QED) is 0.778. The lowest BCUT2D eigenvalue weighted by Gasteiger charge is -2.34. The topological polar surface area (TPSA) is 23.6 Å². The molecule has 1 amide bonds. The van der Waals surface area contributed by atoms with Crippen LogP contribution in [0.5, 0.6) is 0 Å². The van der Waals surface area contributed by atoms with Gasteiger partial charge in [-0.2, -0.15) is 0 Å². The van der Waals surface area contributed by atoms with Gasteiger partial charge in [-0.1, -0.05) is 30.3 Å². The minimum Gasteiger partial charge on any atom is -0.339 e. The zero-order valence-electron chi connectivity index (χ0n) is 13.5. The first-order chi connectivity index (χ1) is 11.7. The highest BCUT2D eigenvalue weighted by molar-refractivity contribution is 8.00. The molecule has 1 aliphatic heterocycles. The smallest absolute Gasteiger partial charge is 0.233 e. The van der Waals surface area contributed by atoms with Gasteiger partial charge in [-0.3, -0.25) is 9.69 Å². The minimum atomic E-state index is -0.204. The molecule has 0 aliphatic carbocycles. The number of benzene rings is 2. The molecule has 0 radical (unpaired) electrons. The molecule has 126 valence electrons. The third kappa shape index (κ3) is 4.82. The summed E-state index contributed by atoms with van der Waals surface area (Å²) < 4.78 is 12.9. The van der Waals surface area contributed by atoms with Gasteiger partial charge in [0.1, 0.15) is 5.82 Å². The monoisotopic (exact) mass is 344 g/mol. The molecule has 1 heterocycles. The predicted molar refractivity (Wildman–Crippen MR) is 95.4 cm³/mol. The number of hydrogen-bond donors (Lipinski definition) is 0. The molecule has 0 aromatic heterocycles. The lowest BCUT2D eigenvalue weighted by molar-refractivity contribution is -0.130. The molecule has 3 nitrogen and oxygen atoms in total. The summed E-state index contributed by atoms with van der Waals surface area (Å²) in [7, 11) is 0. The first kappa shape index (κ1) is 17.0. The molecular weight excluding hydrogens is 323 g/mol. The third-order valence-electron chi connectivity index (χ3n) is 4.15. The highest BCUT2D eigenvalue weighted by Crippen LogP contribution is 2.18. The summed E-state index contributed by atoms with van der Waals surface area (Å²) in [6.45, 7) is 4.05. The molecule has 0 N–H and O–H groups in total. The first-order valence-electron chi connectivity index (χ1n) is 8.13. The van der Waals surface area contributed by atoms with Crippen LogP contribution in [0, 0.1) is 5.82 Å². The summed E-state index contributed by atoms with van der Waals surface area (Å²) >= 11 is 1.59. The standard InChI is InChI=1S/C19H21FN2OS/c20-17-8-6-16(7-9-17)14-21-10-12-22(13-11-21)19(23)15-24-18-4-2-1-3-5-18/h1-9H,10-15H2. The Morgan fingerprint density at radius 3 is 2.29 bits per heavy atom. The highest BCUT2D eigenvalue weighted by atomic mass is 32.2. The van der Waals surface area contributed by atoms with Gasteiger partial charge in [0.2, 0.25) is 5.91 Å². The van der Waals surface area contributed by atoms with Crippen LogP contribution in [0.4, 0.5) is 4.39 Å². The van der Waals surface area contributed by atoms with E-state index >= 15 is 0 Å². The van der Waals surface area contributed by atoms with Crippen LogP contribution < -0.4 is 0 Å². The van der Waals surface area contributed by atoms with Gasteiger partial charge in [-0.15, -0.1) is 11.8 Å². The molecule has 0 saturated carbocycles. The fourth-order valence-corrected chi connectivity index (χ4v) is 3.58. The van der Waals surface area contributed by atoms with Crippen molar-refractivity contribution in [1.82, 2.24) is 9.80 Å². The molecule has 2 aromatic rings. The van der Waals surface area contributed by atoms with Crippen molar-refractivity contribution in [1.29, 1.82) is 0 Å². The zero-order valence-corrected chi connectivity index (χ0v) is 14.3. The van der Waals surface area contributed by atoms with Crippen LogP contribution in [0.1, 0.15) is 5.56 Å². The lowest BCUT2D eigenvalue weighted by atomic mass is 10.2. The number of halogens is 1. The zero-order chi connectivity index (χ0) is 16.8. The second-order valence-electron chi connectivity index (χ2n) is 5.89. The molecule has 2 aromatic carbocycles. The summed E-state index contributed by atoms with van der Waals surface area (Å²) in [6.07, 6.45) is 0. The second-order valence-corrected chi connectivity index (χ2v) is 6.93. The van der Waals surface area contributed by atoms with E-state index in [0.717, 1.165) is 43.2 Å². The van der Waals surface area contributed by atoms with Crippen molar-refractivity contribution in [2.75, 3.05) is 31.9 Å². The van der Waals surface area contributed by atoms with Gasteiger partial charge in [0.15, 0.2) is 0 Å². The maximum absolute atomic E-state index is 12.9. The Morgan fingerprint density at radius 1 is 0.958 bits per heavy atom. The van der Waals surface area contributed by atoms with E-state index in [1.54, 1.807) is 11.8 Å². The maximum atomic E-state index is 12.9. The van der Waals surface area contributed by atoms with Crippen LogP contribution in [-0.4, -0.2) is 47.6 Å². The Kier molecular flexibility index (Phi) is 5.88. The fourth-order valence-electron chi connectivity index (χ4n) is 2.76. The number of hydrogen-bond acceptors (Lipinski definition) is 3. The van der Waals surface area contributed by atoms with E-state index in [2.05, 4.69) is 4.90 Å². The lowest BCUT2D eigenvalue weighted by Crippen LogP contribution is -2.48. The largest absolute Gasteiger partial charge is 0.339 e. The van der Waals surface area contributed by atoms with E-state index in [4.69, 9.17) is 0 Å². The summed E-state index contributed by atoms with van der Waals surface area (Å²) in [5.74, 6) is 0.484. The van der Waals surface area contributed by atoms with Crippen molar-refractivity contribution < 1.29 is 9.18 Å². The van der Waals surface area contributed by atoms with Gasteiger partial charge in [0.05, 0.1) is 5.75 Å². The number of piperazine rings is 1. The number of carbonyl (C=O) groups excluding carboxylic acids is 1. The van der Waals surface area contributed by atoms with Crippen LogP contribution in [-0.2, 0) is 11.3 Å². The predicted octanol–water partition coefficient (Wildman–Crippen LogP) is 3.26. The van der Waals surface area contributed by atoms with Gasteiger partial charge >= 0.3 is 0 Å². The normalized spacial score (nSPS) is 15.5. The Balaban J connectivity index is 1.42. The van der Waals surface area contributed by atoms with Crippen LogP contribution in [0.15, 0.2) is 59.5 Å². The number of nitrogens with zero attached hydrogens (tertiary/aromatic N) is 2. The molecule has 1 aliphatic rings. The number of amides is 1. The van der Waals surface area contributed by atoms with Crippen LogP contribution in [0.2, 0.25) is 0 Å². The summed E-state index contributed by atoms with van der Waals surface area (Å²) in [4.78, 5) is 17.7. The molecule has 1 fully saturated rings. The number of carbonyl (C=O) groups is 1. The molecule has 5 heteroatoms. The highest BCUT2D eigenvalue weighted by Gasteiger charge is 2.21. The minimum absolute atomic E-state index is 0.199. The summed E-state index contributed by atoms with van der Waals surface area (Å²) in [5.41, 5.74) is 1.11. The number of thioether (sulfide) groups is 1. The van der Waals surface area contributed by atoms with Crippen LogP contribution >= 0.6 is 11.8 Å². The van der Waals surface area contributed by atoms with E-state index in [1.165, 1.54) is 12.1 Å². The van der Waals surface area contributed by atoms with E-state index in [9.17, 15) is 9.18 Å². The van der Waals surface area contributed by atoms with Crippen molar-refractivity contribution in [2.24, 2.45) is 0 Å². The average Bonchev–Trinajstić information content (AvgIpc) is 2.63. The molecule has 0 spiro atoms. The molecular formula is C19H21FN2OS. The van der Waals surface area contributed by atoms with E-state index in [0.29, 0.717) is 5.75 Å². The van der Waals surface area contributed by atoms with Crippen LogP contribution in [0.25, 0.3) is 0 Å². The van der Waals surface area contributed by atoms with Gasteiger partial charge in [-0.25, -0.2) is 4.39 Å². The molecule has 0 atom stereocenters. The van der Waals surface area contributed by atoms with Gasteiger partial charge in [0.25, 0.3) is 0 Å². The number of rotatable bonds is 5. The molecule has 0 unspecified atom stereocenters. The second kappa shape index (κ2) is 8.31. The Hall–Kier alpha value is -1.85. The molecule has 24 heavy (non-hydrogen) atoms. The summed E-state index contributed by atoms with van der Waals surface area (Å²) in [6, 6.07) is 16.6. The Labute approximate surface area is 146 Å². The average molecular weight is 344 g/mol. The Bertz CT molecular complexity index is 655. The third-order valence-corrected chi connectivity index (χ3v) is 5.15. The van der Waals surface area contributed by atoms with Gasteiger partial charge in [0, 0.05) is 37.6 Å². The van der Waals surface area contributed by atoms with E-state index in [-0.39, 0.29) is 11.7 Å². The van der Waals surface area contributed by atoms with Crippen molar-refractivity contribution in [3.63, 3.8) is 0 Å². The van der Waals surface area contributed by atoms with E-state index < -0.39 is 0 Å². The first-order valence-corrected chi connectivity index (χ1v) is 9.12. The SMILES string of the molecule is O=C(CSc1ccccc1)N1CCN(Cc2ccc(F)cc2)CC1. The molecule has 1 saturated heterocycles. The Morgan fingerprint density at radius 2 is 1.62 bits per heavy atom. The van der Waals surface area contributed by atoms with Crippen molar-refractivity contribution in [2.45, 2.75) is 11.4 Å². The fraction of sp³-hybridized carbons (Fsp3) is 0.316. The van der Waals surface area contributed by atoms with Crippen molar-refractivity contribution in [3.8, 4) is 0 Å². The molecule has 0 bridgehead atoms. The van der Waals surface area contributed by atoms with E-state index in [1.807, 2.05) is 47.4 Å². The summed E-state index contributed by atoms with van der Waals surface area (Å²) in [5, 5.41) is 0. The van der Waals surface area contributed by atoms with Gasteiger partial charge < -0.3 is 4.90 Å². The van der Waals surface area contributed by atoms with Crippen molar-refractivity contribution >= 4 is 17.7 Å².